The minimum atomic E-state index is -1.03. The fraction of sp³-hybridized carbons (Fsp3) is 0.929. The van der Waals surface area contributed by atoms with Gasteiger partial charge in [-0.15, -0.1) is 0 Å². The maximum absolute atomic E-state index is 11.5. The largest absolute Gasteiger partial charge is 0.481 e. The van der Waals surface area contributed by atoms with E-state index in [1.807, 2.05) is 20.8 Å². The Labute approximate surface area is 113 Å². The van der Waals surface area contributed by atoms with Crippen molar-refractivity contribution in [3.63, 3.8) is 0 Å². The summed E-state index contributed by atoms with van der Waals surface area (Å²) in [5.74, 6) is -0.665. The quantitative estimate of drug-likeness (QED) is 0.673. The molecule has 3 rings (SSSR count). The van der Waals surface area contributed by atoms with Crippen LogP contribution in [-0.4, -0.2) is 33.7 Å². The van der Waals surface area contributed by atoms with Gasteiger partial charge < -0.3 is 14.9 Å². The van der Waals surface area contributed by atoms with Gasteiger partial charge in [0, 0.05) is 11.0 Å². The van der Waals surface area contributed by atoms with Gasteiger partial charge in [-0.2, -0.15) is 0 Å². The molecule has 19 heavy (non-hydrogen) atoms. The van der Waals surface area contributed by atoms with Crippen molar-refractivity contribution in [3.8, 4) is 0 Å². The molecular formula is C14H23NO4. The lowest BCUT2D eigenvalue weighted by Gasteiger charge is -2.50. The first kappa shape index (κ1) is 13.3. The Kier molecular flexibility index (Phi) is 2.46. The summed E-state index contributed by atoms with van der Waals surface area (Å²) in [6.07, 6.45) is 3.16. The second kappa shape index (κ2) is 3.51. The molecule has 0 amide bonds. The zero-order valence-electron chi connectivity index (χ0n) is 11.8. The molecule has 0 aromatic carbocycles. The molecule has 108 valence electrons. The molecule has 0 bridgehead atoms. The highest BCUT2D eigenvalue weighted by Crippen LogP contribution is 2.85. The summed E-state index contributed by atoms with van der Waals surface area (Å²) in [5, 5.41) is 22.7. The molecule has 3 fully saturated rings. The van der Waals surface area contributed by atoms with Crippen molar-refractivity contribution in [2.75, 3.05) is 0 Å². The van der Waals surface area contributed by atoms with Gasteiger partial charge in [0.2, 0.25) is 6.41 Å². The second-order valence-corrected chi connectivity index (χ2v) is 7.46. The average Bonchev–Trinajstić information content (AvgIpc) is 2.89. The van der Waals surface area contributed by atoms with Gasteiger partial charge in [-0.05, 0) is 52.9 Å². The zero-order valence-corrected chi connectivity index (χ0v) is 11.8. The van der Waals surface area contributed by atoms with E-state index in [0.717, 1.165) is 32.1 Å². The Morgan fingerprint density at radius 2 is 1.89 bits per heavy atom. The minimum Gasteiger partial charge on any atom is -0.481 e. The number of aliphatic carboxylic acids is 1. The van der Waals surface area contributed by atoms with Gasteiger partial charge in [0.15, 0.2) is 0 Å². The van der Waals surface area contributed by atoms with Gasteiger partial charge in [0.25, 0.3) is 0 Å². The zero-order chi connectivity index (χ0) is 14.1. The number of aliphatic hydroxyl groups excluding tert-OH is 1. The maximum Gasteiger partial charge on any atom is 0.310 e. The third-order valence-electron chi connectivity index (χ3n) is 5.54. The molecular weight excluding hydrogens is 246 g/mol. The van der Waals surface area contributed by atoms with Crippen LogP contribution in [0.15, 0.2) is 0 Å². The first-order chi connectivity index (χ1) is 8.67. The summed E-state index contributed by atoms with van der Waals surface area (Å²) in [6.45, 7) is 5.66. The summed E-state index contributed by atoms with van der Waals surface area (Å²) in [6, 6.07) is 0. The summed E-state index contributed by atoms with van der Waals surface area (Å²) in [4.78, 5) is 11.5. The van der Waals surface area contributed by atoms with Crippen molar-refractivity contribution in [3.05, 3.63) is 0 Å². The summed E-state index contributed by atoms with van der Waals surface area (Å²) in [5.41, 5.74) is -1.31. The molecule has 4 atom stereocenters. The summed E-state index contributed by atoms with van der Waals surface area (Å²) in [7, 11) is 0. The van der Waals surface area contributed by atoms with E-state index in [1.165, 1.54) is 0 Å². The molecule has 5 heteroatoms. The lowest BCUT2D eigenvalue weighted by Crippen LogP contribution is -2.62. The fourth-order valence-electron chi connectivity index (χ4n) is 4.54. The molecule has 3 aliphatic carbocycles. The molecule has 3 N–H and O–H groups in total. The number of rotatable bonds is 4. The number of carboxylic acid groups (broad SMARTS) is 1. The SMILES string of the molecule is CC(C)(C)OC(O)NC12CCC3(C(=O)O)CC13CC2. The van der Waals surface area contributed by atoms with Crippen molar-refractivity contribution in [2.24, 2.45) is 10.8 Å². The number of ether oxygens (including phenoxy) is 1. The number of hydrogen-bond acceptors (Lipinski definition) is 4. The lowest BCUT2D eigenvalue weighted by molar-refractivity contribution is -0.204. The van der Waals surface area contributed by atoms with Crippen LogP contribution in [0.2, 0.25) is 0 Å². The first-order valence-corrected chi connectivity index (χ1v) is 7.04. The molecule has 0 aromatic heterocycles. The van der Waals surface area contributed by atoms with Crippen molar-refractivity contribution >= 4 is 5.97 Å². The van der Waals surface area contributed by atoms with Crippen LogP contribution in [0.25, 0.3) is 0 Å². The predicted molar refractivity (Wildman–Crippen MR) is 68.3 cm³/mol. The highest BCUT2D eigenvalue weighted by atomic mass is 16.6. The van der Waals surface area contributed by atoms with Gasteiger partial charge in [0.05, 0.1) is 11.0 Å². The van der Waals surface area contributed by atoms with E-state index in [4.69, 9.17) is 4.74 Å². The van der Waals surface area contributed by atoms with Crippen LogP contribution in [0.3, 0.4) is 0 Å². The van der Waals surface area contributed by atoms with E-state index in [1.54, 1.807) is 0 Å². The number of aliphatic hydroxyl groups is 1. The highest BCUT2D eigenvalue weighted by molar-refractivity contribution is 5.82. The molecule has 3 aliphatic rings. The standard InChI is InChI=1S/C14H23NO4/c1-11(2,3)19-10(18)15-14-6-4-12(9(16)17)8-13(12,14)5-7-14/h10,15,18H,4-8H2,1-3H3,(H,16,17). The molecule has 0 aliphatic heterocycles. The fourth-order valence-corrected chi connectivity index (χ4v) is 4.54. The van der Waals surface area contributed by atoms with Gasteiger partial charge in [-0.25, -0.2) is 0 Å². The molecule has 0 saturated heterocycles. The van der Waals surface area contributed by atoms with Crippen molar-refractivity contribution in [1.29, 1.82) is 0 Å². The molecule has 0 aromatic rings. The molecule has 1 spiro atoms. The van der Waals surface area contributed by atoms with Crippen LogP contribution in [0.4, 0.5) is 0 Å². The van der Waals surface area contributed by atoms with E-state index in [9.17, 15) is 15.0 Å². The first-order valence-electron chi connectivity index (χ1n) is 7.04. The number of nitrogens with one attached hydrogen (secondary N) is 1. The van der Waals surface area contributed by atoms with E-state index in [-0.39, 0.29) is 11.0 Å². The molecule has 4 unspecified atom stereocenters. The maximum atomic E-state index is 11.5. The van der Waals surface area contributed by atoms with Gasteiger partial charge in [-0.1, -0.05) is 0 Å². The summed E-state index contributed by atoms with van der Waals surface area (Å²) < 4.78 is 5.50. The van der Waals surface area contributed by atoms with E-state index in [0.29, 0.717) is 0 Å². The Hall–Kier alpha value is -0.650. The lowest BCUT2D eigenvalue weighted by atomic mass is 9.63. The van der Waals surface area contributed by atoms with E-state index >= 15 is 0 Å². The van der Waals surface area contributed by atoms with Crippen LogP contribution in [0, 0.1) is 10.8 Å². The Morgan fingerprint density at radius 1 is 1.26 bits per heavy atom. The van der Waals surface area contributed by atoms with Crippen LogP contribution >= 0.6 is 0 Å². The summed E-state index contributed by atoms with van der Waals surface area (Å²) >= 11 is 0. The molecule has 0 heterocycles. The van der Waals surface area contributed by atoms with Crippen LogP contribution < -0.4 is 5.32 Å². The molecule has 0 radical (unpaired) electrons. The number of carbonyl (C=O) groups is 1. The van der Waals surface area contributed by atoms with Gasteiger partial charge >= 0.3 is 5.97 Å². The van der Waals surface area contributed by atoms with Crippen molar-refractivity contribution in [2.45, 2.75) is 70.4 Å². The highest BCUT2D eigenvalue weighted by Gasteiger charge is 2.86. The van der Waals surface area contributed by atoms with Gasteiger partial charge in [-0.3, -0.25) is 10.1 Å². The predicted octanol–water partition coefficient (Wildman–Crippen LogP) is 1.45. The Morgan fingerprint density at radius 3 is 2.32 bits per heavy atom. The third-order valence-corrected chi connectivity index (χ3v) is 5.54. The van der Waals surface area contributed by atoms with Crippen molar-refractivity contribution < 1.29 is 19.7 Å². The average molecular weight is 269 g/mol. The normalized spacial score (nSPS) is 45.1. The topological polar surface area (TPSA) is 78.8 Å². The molecule has 3 saturated carbocycles. The molecule has 5 nitrogen and oxygen atoms in total. The number of carboxylic acids is 1. The second-order valence-electron chi connectivity index (χ2n) is 7.46. The van der Waals surface area contributed by atoms with Crippen LogP contribution in [0.5, 0.6) is 0 Å². The van der Waals surface area contributed by atoms with Crippen LogP contribution in [-0.2, 0) is 9.53 Å². The number of hydrogen-bond donors (Lipinski definition) is 3. The van der Waals surface area contributed by atoms with E-state index in [2.05, 4.69) is 5.32 Å². The van der Waals surface area contributed by atoms with Crippen LogP contribution in [0.1, 0.15) is 52.9 Å². The minimum absolute atomic E-state index is 0.131. The van der Waals surface area contributed by atoms with E-state index < -0.39 is 23.4 Å². The Bertz CT molecular complexity index is 428. The third kappa shape index (κ3) is 1.55. The monoisotopic (exact) mass is 269 g/mol. The van der Waals surface area contributed by atoms with Crippen molar-refractivity contribution in [1.82, 2.24) is 5.32 Å². The van der Waals surface area contributed by atoms with Gasteiger partial charge in [0.1, 0.15) is 0 Å². The smallest absolute Gasteiger partial charge is 0.310 e. The Balaban J connectivity index is 1.72.